The molecule has 0 saturated heterocycles. The van der Waals surface area contributed by atoms with Crippen LogP contribution in [0.5, 0.6) is 0 Å². The Morgan fingerprint density at radius 1 is 1.09 bits per heavy atom. The first-order valence-electron chi connectivity index (χ1n) is 6.61. The minimum Gasteiger partial charge on any atom is -0.438 e. The number of allylic oxidation sites excluding steroid dienone is 1. The van der Waals surface area contributed by atoms with Crippen molar-refractivity contribution in [2.45, 2.75) is 24.1 Å². The van der Waals surface area contributed by atoms with E-state index in [1.807, 2.05) is 0 Å². The van der Waals surface area contributed by atoms with Gasteiger partial charge in [0.05, 0.1) is 5.56 Å². The molecule has 3 rings (SSSR count). The number of hydrogen-bond donors (Lipinski definition) is 0. The van der Waals surface area contributed by atoms with Gasteiger partial charge in [0, 0.05) is 11.8 Å². The Kier molecular flexibility index (Phi) is 3.09. The van der Waals surface area contributed by atoms with E-state index in [1.165, 1.54) is 24.3 Å². The van der Waals surface area contributed by atoms with Gasteiger partial charge in [-0.15, -0.1) is 0 Å². The van der Waals surface area contributed by atoms with Gasteiger partial charge in [0.2, 0.25) is 0 Å². The van der Waals surface area contributed by atoms with Crippen LogP contribution in [0.15, 0.2) is 42.5 Å². The van der Waals surface area contributed by atoms with E-state index in [9.17, 15) is 26.7 Å². The van der Waals surface area contributed by atoms with Crippen molar-refractivity contribution in [1.29, 1.82) is 0 Å². The average Bonchev–Trinajstić information content (AvgIpc) is 3.00. The van der Waals surface area contributed by atoms with Crippen molar-refractivity contribution in [3.8, 4) is 0 Å². The Bertz CT molecular complexity index is 623. The van der Waals surface area contributed by atoms with Crippen molar-refractivity contribution in [1.82, 2.24) is 0 Å². The van der Waals surface area contributed by atoms with E-state index < -0.39 is 35.5 Å². The number of carbonyl (C=O) groups excluding carboxylic acids is 1. The summed E-state index contributed by atoms with van der Waals surface area (Å²) in [4.78, 5) is 11.9. The van der Waals surface area contributed by atoms with E-state index in [0.717, 1.165) is 12.2 Å². The first kappa shape index (κ1) is 15.0. The Hall–Kier alpha value is -1.92. The highest BCUT2D eigenvalue weighted by atomic mass is 19.4. The summed E-state index contributed by atoms with van der Waals surface area (Å²) >= 11 is 0. The smallest absolute Gasteiger partial charge is 0.435 e. The second kappa shape index (κ2) is 4.54. The fourth-order valence-corrected chi connectivity index (χ4v) is 3.17. The van der Waals surface area contributed by atoms with E-state index in [4.69, 9.17) is 0 Å². The lowest BCUT2D eigenvalue weighted by atomic mass is 9.83. The van der Waals surface area contributed by atoms with Crippen molar-refractivity contribution < 1.29 is 31.5 Å². The molecule has 2 aliphatic rings. The summed E-state index contributed by atoms with van der Waals surface area (Å²) < 4.78 is 73.4. The maximum atomic E-state index is 14.3. The zero-order valence-electron chi connectivity index (χ0n) is 11.1. The van der Waals surface area contributed by atoms with Crippen molar-refractivity contribution in [2.24, 2.45) is 11.8 Å². The van der Waals surface area contributed by atoms with Crippen molar-refractivity contribution >= 4 is 5.97 Å². The zero-order chi connectivity index (χ0) is 16.2. The summed E-state index contributed by atoms with van der Waals surface area (Å²) in [6, 6.07) is 6.80. The lowest BCUT2D eigenvalue weighted by Crippen LogP contribution is -2.63. The molecule has 3 unspecified atom stereocenters. The number of hydrogen-bond acceptors (Lipinski definition) is 2. The molecule has 2 nitrogen and oxygen atoms in total. The Balaban J connectivity index is 2.03. The Labute approximate surface area is 122 Å². The molecule has 1 aromatic carbocycles. The van der Waals surface area contributed by atoms with Gasteiger partial charge in [-0.05, 0) is 18.6 Å². The second-order valence-electron chi connectivity index (χ2n) is 5.45. The first-order chi connectivity index (χ1) is 10.2. The molecule has 0 N–H and O–H groups in total. The van der Waals surface area contributed by atoms with Gasteiger partial charge in [0.1, 0.15) is 0 Å². The van der Waals surface area contributed by atoms with Crippen molar-refractivity contribution in [3.63, 3.8) is 0 Å². The van der Waals surface area contributed by atoms with E-state index in [1.54, 1.807) is 6.07 Å². The summed E-state index contributed by atoms with van der Waals surface area (Å²) in [5, 5.41) is 0. The van der Waals surface area contributed by atoms with Gasteiger partial charge in [-0.25, -0.2) is 13.6 Å². The maximum absolute atomic E-state index is 14.3. The molecular formula is C15H11F5O2. The third kappa shape index (κ3) is 1.80. The number of carbonyl (C=O) groups is 1. The number of benzene rings is 1. The summed E-state index contributed by atoms with van der Waals surface area (Å²) in [7, 11) is 0. The molecule has 0 aromatic heterocycles. The van der Waals surface area contributed by atoms with Crippen molar-refractivity contribution in [3.05, 3.63) is 48.0 Å². The van der Waals surface area contributed by atoms with Gasteiger partial charge >= 0.3 is 18.1 Å². The van der Waals surface area contributed by atoms with Crippen LogP contribution < -0.4 is 0 Å². The van der Waals surface area contributed by atoms with Gasteiger partial charge in [-0.3, -0.25) is 0 Å². The molecule has 118 valence electrons. The predicted octanol–water partition coefficient (Wildman–Crippen LogP) is 3.99. The Morgan fingerprint density at radius 2 is 1.68 bits per heavy atom. The molecular weight excluding hydrogens is 307 g/mol. The fourth-order valence-electron chi connectivity index (χ4n) is 3.17. The third-order valence-electron chi connectivity index (χ3n) is 4.25. The first-order valence-corrected chi connectivity index (χ1v) is 6.61. The predicted molar refractivity (Wildman–Crippen MR) is 66.3 cm³/mol. The van der Waals surface area contributed by atoms with Gasteiger partial charge in [-0.2, -0.15) is 13.2 Å². The van der Waals surface area contributed by atoms with Crippen LogP contribution in [-0.4, -0.2) is 23.7 Å². The number of rotatable bonds is 2. The molecule has 3 atom stereocenters. The quantitative estimate of drug-likeness (QED) is 0.468. The molecule has 0 amide bonds. The molecule has 2 bridgehead atoms. The van der Waals surface area contributed by atoms with Crippen LogP contribution >= 0.6 is 0 Å². The minimum atomic E-state index is -5.37. The average molecular weight is 318 g/mol. The molecule has 0 radical (unpaired) electrons. The van der Waals surface area contributed by atoms with Crippen LogP contribution in [0.1, 0.15) is 16.8 Å². The molecule has 2 aliphatic carbocycles. The number of alkyl halides is 5. The molecule has 1 aromatic rings. The van der Waals surface area contributed by atoms with Crippen LogP contribution in [0, 0.1) is 11.8 Å². The molecule has 0 spiro atoms. The van der Waals surface area contributed by atoms with Gasteiger partial charge in [0.25, 0.3) is 5.60 Å². The summed E-state index contributed by atoms with van der Waals surface area (Å²) in [6.07, 6.45) is -3.63. The minimum absolute atomic E-state index is 0.200. The number of esters is 1. The number of ether oxygens (including phenoxy) is 1. The van der Waals surface area contributed by atoms with Gasteiger partial charge in [0.15, 0.2) is 0 Å². The monoisotopic (exact) mass is 318 g/mol. The molecule has 1 saturated carbocycles. The van der Waals surface area contributed by atoms with E-state index in [0.29, 0.717) is 0 Å². The Morgan fingerprint density at radius 3 is 2.18 bits per heavy atom. The normalized spacial score (nSPS) is 32.2. The SMILES string of the molecule is O=C(OC1(C(F)(F)F)C2C=CC(C2)C1(F)F)c1ccccc1. The van der Waals surface area contributed by atoms with E-state index in [2.05, 4.69) is 4.74 Å². The van der Waals surface area contributed by atoms with Gasteiger partial charge < -0.3 is 4.74 Å². The third-order valence-corrected chi connectivity index (χ3v) is 4.25. The standard InChI is InChI=1S/C15H11F5O2/c16-14(17)11-7-6-10(8-11)13(14,15(18,19)20)22-12(21)9-4-2-1-3-5-9/h1-7,10-11H,8H2. The number of halogens is 5. The van der Waals surface area contributed by atoms with E-state index in [-0.39, 0.29) is 12.0 Å². The fraction of sp³-hybridized carbons (Fsp3) is 0.400. The topological polar surface area (TPSA) is 26.3 Å². The highest BCUT2D eigenvalue weighted by Crippen LogP contribution is 2.63. The number of fused-ring (bicyclic) bond motifs is 2. The van der Waals surface area contributed by atoms with E-state index >= 15 is 0 Å². The largest absolute Gasteiger partial charge is 0.438 e. The zero-order valence-corrected chi connectivity index (χ0v) is 11.1. The molecule has 7 heteroatoms. The lowest BCUT2D eigenvalue weighted by Gasteiger charge is -2.41. The van der Waals surface area contributed by atoms with Crippen molar-refractivity contribution in [2.75, 3.05) is 0 Å². The van der Waals surface area contributed by atoms with Crippen LogP contribution in [0.2, 0.25) is 0 Å². The second-order valence-corrected chi connectivity index (χ2v) is 5.45. The molecule has 0 heterocycles. The maximum Gasteiger partial charge on any atom is 0.435 e. The summed E-state index contributed by atoms with van der Waals surface area (Å²) in [6.45, 7) is 0. The molecule has 22 heavy (non-hydrogen) atoms. The molecule has 1 fully saturated rings. The van der Waals surface area contributed by atoms with Crippen LogP contribution in [0.3, 0.4) is 0 Å². The lowest BCUT2D eigenvalue weighted by molar-refractivity contribution is -0.332. The van der Waals surface area contributed by atoms with Crippen LogP contribution in [0.4, 0.5) is 22.0 Å². The summed E-state index contributed by atoms with van der Waals surface area (Å²) in [5.41, 5.74) is -4.00. The highest BCUT2D eigenvalue weighted by molar-refractivity contribution is 5.89. The van der Waals surface area contributed by atoms with Gasteiger partial charge in [-0.1, -0.05) is 30.4 Å². The van der Waals surface area contributed by atoms with Crippen LogP contribution in [-0.2, 0) is 4.74 Å². The molecule has 0 aliphatic heterocycles. The van der Waals surface area contributed by atoms with Crippen LogP contribution in [0.25, 0.3) is 0 Å². The summed E-state index contributed by atoms with van der Waals surface area (Å²) in [5.74, 6) is -8.73. The highest BCUT2D eigenvalue weighted by Gasteiger charge is 2.82.